The third-order valence-corrected chi connectivity index (χ3v) is 4.46. The largest absolute Gasteiger partial charge is 0.338 e. The number of imide groups is 1. The van der Waals surface area contributed by atoms with Crippen molar-refractivity contribution in [2.75, 3.05) is 20.1 Å². The van der Waals surface area contributed by atoms with Gasteiger partial charge in [-0.2, -0.15) is 0 Å². The van der Waals surface area contributed by atoms with Crippen LogP contribution in [-0.4, -0.2) is 32.1 Å². The number of carbonyl (C=O) groups is 2. The molecule has 0 heterocycles. The van der Waals surface area contributed by atoms with E-state index < -0.39 is 6.03 Å². The molecule has 0 aliphatic rings. The van der Waals surface area contributed by atoms with E-state index in [9.17, 15) is 9.59 Å². The van der Waals surface area contributed by atoms with Gasteiger partial charge in [0.25, 0.3) is 5.91 Å². The van der Waals surface area contributed by atoms with Crippen LogP contribution in [0.25, 0.3) is 0 Å². The molecule has 3 amide bonds. The van der Waals surface area contributed by atoms with Gasteiger partial charge in [0.15, 0.2) is 6.54 Å². The molecule has 0 spiro atoms. The van der Waals surface area contributed by atoms with E-state index in [2.05, 4.69) is 48.7 Å². The van der Waals surface area contributed by atoms with Crippen molar-refractivity contribution in [2.24, 2.45) is 5.92 Å². The van der Waals surface area contributed by atoms with Gasteiger partial charge in [0.1, 0.15) is 6.04 Å². The molecule has 5 nitrogen and oxygen atoms in total. The van der Waals surface area contributed by atoms with Gasteiger partial charge in [-0.25, -0.2) is 4.79 Å². The van der Waals surface area contributed by atoms with Crippen LogP contribution in [0.1, 0.15) is 37.4 Å². The molecule has 27 heavy (non-hydrogen) atoms. The molecule has 2 rings (SSSR count). The second-order valence-electron chi connectivity index (χ2n) is 7.26. The van der Waals surface area contributed by atoms with Crippen molar-refractivity contribution in [3.05, 3.63) is 71.8 Å². The highest BCUT2D eigenvalue weighted by molar-refractivity contribution is 5.94. The number of hydrogen-bond acceptors (Lipinski definition) is 2. The Morgan fingerprint density at radius 3 is 1.93 bits per heavy atom. The number of quaternary nitrogens is 1. The molecule has 0 saturated carbocycles. The van der Waals surface area contributed by atoms with Crippen molar-refractivity contribution in [3.63, 3.8) is 0 Å². The summed E-state index contributed by atoms with van der Waals surface area (Å²) in [5, 5.41) is 5.16. The predicted octanol–water partition coefficient (Wildman–Crippen LogP) is 2.16. The number of carbonyl (C=O) groups excluding carboxylic acids is 2. The normalized spacial score (nSPS) is 12.0. The predicted molar refractivity (Wildman–Crippen MR) is 107 cm³/mol. The van der Waals surface area contributed by atoms with Gasteiger partial charge in [-0.3, -0.25) is 10.1 Å². The third kappa shape index (κ3) is 6.87. The molecule has 0 aliphatic heterocycles. The fourth-order valence-electron chi connectivity index (χ4n) is 3.10. The zero-order chi connectivity index (χ0) is 19.6. The lowest BCUT2D eigenvalue weighted by Crippen LogP contribution is -3.10. The van der Waals surface area contributed by atoms with Crippen molar-refractivity contribution < 1.29 is 14.5 Å². The second-order valence-corrected chi connectivity index (χ2v) is 7.26. The van der Waals surface area contributed by atoms with Crippen LogP contribution >= 0.6 is 0 Å². The summed E-state index contributed by atoms with van der Waals surface area (Å²) >= 11 is 0. The van der Waals surface area contributed by atoms with Gasteiger partial charge in [0.05, 0.1) is 7.05 Å². The lowest BCUT2D eigenvalue weighted by Gasteiger charge is -2.25. The number of likely N-dealkylation sites (N-methyl/N-ethyl adjacent to an activating group) is 1. The zero-order valence-electron chi connectivity index (χ0n) is 16.4. The third-order valence-electron chi connectivity index (χ3n) is 4.46. The maximum atomic E-state index is 12.3. The molecule has 1 atom stereocenters. The summed E-state index contributed by atoms with van der Waals surface area (Å²) in [5.41, 5.74) is 2.27. The van der Waals surface area contributed by atoms with E-state index in [1.807, 2.05) is 43.4 Å². The molecule has 0 aromatic heterocycles. The monoisotopic (exact) mass is 368 g/mol. The Labute approximate surface area is 161 Å². The fraction of sp³-hybridized carbons (Fsp3) is 0.364. The van der Waals surface area contributed by atoms with Crippen LogP contribution in [0.5, 0.6) is 0 Å². The number of hydrogen-bond donors (Lipinski definition) is 3. The fourth-order valence-corrected chi connectivity index (χ4v) is 3.10. The second kappa shape index (κ2) is 10.5. The summed E-state index contributed by atoms with van der Waals surface area (Å²) in [6.45, 7) is 4.95. The summed E-state index contributed by atoms with van der Waals surface area (Å²) in [5.74, 6) is 0.223. The minimum Gasteiger partial charge on any atom is -0.338 e. The maximum Gasteiger partial charge on any atom is 0.321 e. The van der Waals surface area contributed by atoms with Crippen molar-refractivity contribution in [1.29, 1.82) is 0 Å². The Balaban J connectivity index is 2.00. The molecule has 0 aliphatic carbocycles. The standard InChI is InChI=1S/C22H29N3O2/c1-17(2)14-15-23-22(27)24-20(26)16-25(3)21(18-10-6-4-7-11-18)19-12-8-5-9-13-19/h4-13,17,21H,14-16H2,1-3H3,(H2,23,24,26,27)/p+1. The molecule has 0 radical (unpaired) electrons. The molecule has 0 bridgehead atoms. The van der Waals surface area contributed by atoms with Crippen LogP contribution in [0, 0.1) is 5.92 Å². The van der Waals surface area contributed by atoms with Gasteiger partial charge in [0.2, 0.25) is 0 Å². The van der Waals surface area contributed by atoms with Crippen LogP contribution in [0.2, 0.25) is 0 Å². The van der Waals surface area contributed by atoms with Crippen LogP contribution < -0.4 is 15.5 Å². The molecular formula is C22H30N3O2+. The lowest BCUT2D eigenvalue weighted by atomic mass is 9.97. The summed E-state index contributed by atoms with van der Waals surface area (Å²) < 4.78 is 0. The van der Waals surface area contributed by atoms with E-state index >= 15 is 0 Å². The van der Waals surface area contributed by atoms with E-state index in [0.717, 1.165) is 22.4 Å². The summed E-state index contributed by atoms with van der Waals surface area (Å²) in [4.78, 5) is 25.2. The lowest BCUT2D eigenvalue weighted by molar-refractivity contribution is -0.898. The Morgan fingerprint density at radius 1 is 0.926 bits per heavy atom. The number of amides is 3. The molecule has 1 unspecified atom stereocenters. The van der Waals surface area contributed by atoms with Crippen LogP contribution in [0.4, 0.5) is 4.79 Å². The smallest absolute Gasteiger partial charge is 0.321 e. The zero-order valence-corrected chi connectivity index (χ0v) is 16.4. The molecule has 0 saturated heterocycles. The summed E-state index contributed by atoms with van der Waals surface area (Å²) in [6.07, 6.45) is 0.886. The number of rotatable bonds is 8. The summed E-state index contributed by atoms with van der Waals surface area (Å²) in [7, 11) is 1.97. The Hall–Kier alpha value is -2.66. The number of urea groups is 1. The van der Waals surface area contributed by atoms with E-state index in [1.165, 1.54) is 0 Å². The van der Waals surface area contributed by atoms with Crippen LogP contribution in [-0.2, 0) is 4.79 Å². The Bertz CT molecular complexity index is 677. The van der Waals surface area contributed by atoms with E-state index in [0.29, 0.717) is 12.5 Å². The SMILES string of the molecule is CC(C)CCNC(=O)NC(=O)C[NH+](C)C(c1ccccc1)c1ccccc1. The minimum atomic E-state index is -0.426. The first-order valence-electron chi connectivity index (χ1n) is 9.47. The van der Waals surface area contributed by atoms with Gasteiger partial charge in [0, 0.05) is 17.7 Å². The topological polar surface area (TPSA) is 62.6 Å². The van der Waals surface area contributed by atoms with Gasteiger partial charge in [-0.15, -0.1) is 0 Å². The van der Waals surface area contributed by atoms with Crippen molar-refractivity contribution >= 4 is 11.9 Å². The molecule has 5 heteroatoms. The average molecular weight is 369 g/mol. The molecule has 144 valence electrons. The summed E-state index contributed by atoms with van der Waals surface area (Å²) in [6, 6.07) is 19.8. The minimum absolute atomic E-state index is 0.0159. The van der Waals surface area contributed by atoms with Crippen LogP contribution in [0.3, 0.4) is 0 Å². The molecule has 2 aromatic carbocycles. The van der Waals surface area contributed by atoms with E-state index in [-0.39, 0.29) is 18.5 Å². The van der Waals surface area contributed by atoms with Crippen molar-refractivity contribution in [3.8, 4) is 0 Å². The highest BCUT2D eigenvalue weighted by atomic mass is 16.2. The number of nitrogens with one attached hydrogen (secondary N) is 3. The Morgan fingerprint density at radius 2 is 1.44 bits per heavy atom. The van der Waals surface area contributed by atoms with Crippen LogP contribution in [0.15, 0.2) is 60.7 Å². The van der Waals surface area contributed by atoms with Gasteiger partial charge in [-0.05, 0) is 12.3 Å². The molecular weight excluding hydrogens is 338 g/mol. The molecule has 2 aromatic rings. The van der Waals surface area contributed by atoms with E-state index in [1.54, 1.807) is 0 Å². The first kappa shape index (κ1) is 20.6. The quantitative estimate of drug-likeness (QED) is 0.669. The van der Waals surface area contributed by atoms with Crippen molar-refractivity contribution in [2.45, 2.75) is 26.3 Å². The first-order chi connectivity index (χ1) is 13.0. The van der Waals surface area contributed by atoms with Gasteiger partial charge >= 0.3 is 6.03 Å². The highest BCUT2D eigenvalue weighted by Crippen LogP contribution is 2.18. The van der Waals surface area contributed by atoms with E-state index in [4.69, 9.17) is 0 Å². The average Bonchev–Trinajstić information content (AvgIpc) is 2.63. The Kier molecular flexibility index (Phi) is 8.01. The van der Waals surface area contributed by atoms with Gasteiger partial charge < -0.3 is 10.2 Å². The molecule has 3 N–H and O–H groups in total. The number of benzene rings is 2. The maximum absolute atomic E-state index is 12.3. The molecule has 0 fully saturated rings. The van der Waals surface area contributed by atoms with Gasteiger partial charge in [-0.1, -0.05) is 74.5 Å². The highest BCUT2D eigenvalue weighted by Gasteiger charge is 2.25. The van der Waals surface area contributed by atoms with Crippen molar-refractivity contribution in [1.82, 2.24) is 10.6 Å². The first-order valence-corrected chi connectivity index (χ1v) is 9.47.